The highest BCUT2D eigenvalue weighted by Crippen LogP contribution is 2.15. The summed E-state index contributed by atoms with van der Waals surface area (Å²) in [5.41, 5.74) is 2.46. The second-order valence-corrected chi connectivity index (χ2v) is 5.79. The summed E-state index contributed by atoms with van der Waals surface area (Å²) >= 11 is 6.10. The summed E-state index contributed by atoms with van der Waals surface area (Å²) in [6.45, 7) is 1.44. The predicted molar refractivity (Wildman–Crippen MR) is 99.4 cm³/mol. The van der Waals surface area contributed by atoms with Crippen LogP contribution in [0.3, 0.4) is 0 Å². The Hall–Kier alpha value is -2.59. The molecule has 122 valence electrons. The zero-order valence-corrected chi connectivity index (χ0v) is 14.0. The fraction of sp³-hybridized carbons (Fsp3) is 0.158. The molecule has 4 nitrogen and oxygen atoms in total. The SMILES string of the molecule is Clc1cc(NCc2ccccc2)nc(NCCc2ccccc2)n1. The summed E-state index contributed by atoms with van der Waals surface area (Å²) in [4.78, 5) is 8.69. The highest BCUT2D eigenvalue weighted by Gasteiger charge is 2.03. The van der Waals surface area contributed by atoms with Crippen LogP contribution in [0.5, 0.6) is 0 Å². The Kier molecular flexibility index (Phi) is 5.64. The normalized spacial score (nSPS) is 10.4. The Labute approximate surface area is 146 Å². The van der Waals surface area contributed by atoms with Crippen LogP contribution < -0.4 is 10.6 Å². The fourth-order valence-corrected chi connectivity index (χ4v) is 2.52. The molecule has 1 heterocycles. The van der Waals surface area contributed by atoms with Crippen LogP contribution in [0.25, 0.3) is 0 Å². The van der Waals surface area contributed by atoms with Gasteiger partial charge in [-0.1, -0.05) is 72.3 Å². The molecule has 0 aliphatic heterocycles. The van der Waals surface area contributed by atoms with Crippen molar-refractivity contribution in [3.8, 4) is 0 Å². The summed E-state index contributed by atoms with van der Waals surface area (Å²) in [5, 5.41) is 6.92. The third kappa shape index (κ3) is 4.96. The first-order chi connectivity index (χ1) is 11.8. The Morgan fingerprint density at radius 3 is 2.17 bits per heavy atom. The molecule has 0 unspecified atom stereocenters. The highest BCUT2D eigenvalue weighted by molar-refractivity contribution is 6.29. The van der Waals surface area contributed by atoms with Crippen LogP contribution in [0.4, 0.5) is 11.8 Å². The molecule has 0 spiro atoms. The number of anilines is 2. The van der Waals surface area contributed by atoms with Gasteiger partial charge in [-0.2, -0.15) is 4.98 Å². The summed E-state index contributed by atoms with van der Waals surface area (Å²) in [6.07, 6.45) is 0.906. The fourth-order valence-electron chi connectivity index (χ4n) is 2.34. The minimum absolute atomic E-state index is 0.419. The van der Waals surface area contributed by atoms with Crippen molar-refractivity contribution in [2.45, 2.75) is 13.0 Å². The Morgan fingerprint density at radius 1 is 0.792 bits per heavy atom. The lowest BCUT2D eigenvalue weighted by Gasteiger charge is -2.09. The van der Waals surface area contributed by atoms with Crippen molar-refractivity contribution in [1.82, 2.24) is 9.97 Å². The van der Waals surface area contributed by atoms with Gasteiger partial charge in [-0.15, -0.1) is 0 Å². The van der Waals surface area contributed by atoms with E-state index in [0.717, 1.165) is 13.0 Å². The number of hydrogen-bond acceptors (Lipinski definition) is 4. The standard InChI is InChI=1S/C19H19ClN4/c20-17-13-18(22-14-16-9-5-2-6-10-16)24-19(23-17)21-12-11-15-7-3-1-4-8-15/h1-10,13H,11-12,14H2,(H2,21,22,23,24). The second-order valence-electron chi connectivity index (χ2n) is 5.40. The number of nitrogens with zero attached hydrogens (tertiary/aromatic N) is 2. The molecule has 0 saturated carbocycles. The molecule has 5 heteroatoms. The third-order valence-corrected chi connectivity index (χ3v) is 3.74. The van der Waals surface area contributed by atoms with E-state index in [1.54, 1.807) is 6.07 Å². The van der Waals surface area contributed by atoms with Gasteiger partial charge in [-0.3, -0.25) is 0 Å². The number of aromatic nitrogens is 2. The molecule has 2 N–H and O–H groups in total. The number of nitrogens with one attached hydrogen (secondary N) is 2. The van der Waals surface area contributed by atoms with E-state index in [-0.39, 0.29) is 0 Å². The number of halogens is 1. The molecule has 1 aromatic heterocycles. The molecule has 0 saturated heterocycles. The lowest BCUT2D eigenvalue weighted by molar-refractivity contribution is 0.980. The van der Waals surface area contributed by atoms with Crippen molar-refractivity contribution in [3.63, 3.8) is 0 Å². The van der Waals surface area contributed by atoms with Gasteiger partial charge in [0.1, 0.15) is 11.0 Å². The van der Waals surface area contributed by atoms with Crippen LogP contribution in [-0.4, -0.2) is 16.5 Å². The summed E-state index contributed by atoms with van der Waals surface area (Å²) in [6, 6.07) is 22.2. The van der Waals surface area contributed by atoms with Crippen LogP contribution in [0.2, 0.25) is 5.15 Å². The zero-order chi connectivity index (χ0) is 16.6. The minimum atomic E-state index is 0.419. The molecule has 24 heavy (non-hydrogen) atoms. The van der Waals surface area contributed by atoms with E-state index in [1.165, 1.54) is 11.1 Å². The van der Waals surface area contributed by atoms with Gasteiger partial charge in [-0.25, -0.2) is 4.98 Å². The van der Waals surface area contributed by atoms with E-state index in [9.17, 15) is 0 Å². The van der Waals surface area contributed by atoms with Gasteiger partial charge in [0.25, 0.3) is 0 Å². The topological polar surface area (TPSA) is 49.8 Å². The van der Waals surface area contributed by atoms with Gasteiger partial charge >= 0.3 is 0 Å². The molecular weight excluding hydrogens is 320 g/mol. The largest absolute Gasteiger partial charge is 0.366 e. The van der Waals surface area contributed by atoms with Crippen molar-refractivity contribution in [2.24, 2.45) is 0 Å². The molecule has 0 radical (unpaired) electrons. The number of benzene rings is 2. The van der Waals surface area contributed by atoms with Crippen molar-refractivity contribution in [3.05, 3.63) is 83.0 Å². The maximum atomic E-state index is 6.10. The molecule has 3 aromatic rings. The van der Waals surface area contributed by atoms with E-state index >= 15 is 0 Å². The van der Waals surface area contributed by atoms with Crippen LogP contribution in [-0.2, 0) is 13.0 Å². The Bertz CT molecular complexity index is 763. The van der Waals surface area contributed by atoms with E-state index in [1.807, 2.05) is 36.4 Å². The van der Waals surface area contributed by atoms with Gasteiger partial charge < -0.3 is 10.6 Å². The molecule has 0 amide bonds. The Balaban J connectivity index is 1.57. The molecule has 0 aliphatic carbocycles. The monoisotopic (exact) mass is 338 g/mol. The first-order valence-corrected chi connectivity index (χ1v) is 8.27. The van der Waals surface area contributed by atoms with Gasteiger partial charge in [0.2, 0.25) is 5.95 Å². The van der Waals surface area contributed by atoms with Crippen molar-refractivity contribution < 1.29 is 0 Å². The van der Waals surface area contributed by atoms with E-state index < -0.39 is 0 Å². The van der Waals surface area contributed by atoms with Crippen molar-refractivity contribution in [1.29, 1.82) is 0 Å². The Morgan fingerprint density at radius 2 is 1.46 bits per heavy atom. The summed E-state index contributed by atoms with van der Waals surface area (Å²) in [7, 11) is 0. The van der Waals surface area contributed by atoms with Gasteiger partial charge in [-0.05, 0) is 17.5 Å². The van der Waals surface area contributed by atoms with Gasteiger partial charge in [0.05, 0.1) is 0 Å². The van der Waals surface area contributed by atoms with Gasteiger partial charge in [0, 0.05) is 19.2 Å². The van der Waals surface area contributed by atoms with E-state index in [2.05, 4.69) is 44.9 Å². The quantitative estimate of drug-likeness (QED) is 0.627. The molecule has 0 atom stereocenters. The summed E-state index contributed by atoms with van der Waals surface area (Å²) in [5.74, 6) is 1.25. The highest BCUT2D eigenvalue weighted by atomic mass is 35.5. The average Bonchev–Trinajstić information content (AvgIpc) is 2.61. The van der Waals surface area contributed by atoms with Gasteiger partial charge in [0.15, 0.2) is 0 Å². The van der Waals surface area contributed by atoms with Crippen LogP contribution in [0.15, 0.2) is 66.7 Å². The van der Waals surface area contributed by atoms with Crippen molar-refractivity contribution >= 4 is 23.4 Å². The molecular formula is C19H19ClN4. The molecule has 3 rings (SSSR count). The van der Waals surface area contributed by atoms with E-state index in [4.69, 9.17) is 11.6 Å². The second kappa shape index (κ2) is 8.31. The van der Waals surface area contributed by atoms with Crippen LogP contribution in [0.1, 0.15) is 11.1 Å². The molecule has 2 aromatic carbocycles. The maximum Gasteiger partial charge on any atom is 0.226 e. The average molecular weight is 339 g/mol. The zero-order valence-electron chi connectivity index (χ0n) is 13.2. The van der Waals surface area contributed by atoms with Crippen LogP contribution in [0, 0.1) is 0 Å². The molecule has 0 aliphatic rings. The van der Waals surface area contributed by atoms with E-state index in [0.29, 0.717) is 23.5 Å². The maximum absolute atomic E-state index is 6.10. The van der Waals surface area contributed by atoms with Crippen molar-refractivity contribution in [2.75, 3.05) is 17.2 Å². The lowest BCUT2D eigenvalue weighted by Crippen LogP contribution is -2.10. The third-order valence-electron chi connectivity index (χ3n) is 3.55. The minimum Gasteiger partial charge on any atom is -0.366 e. The first-order valence-electron chi connectivity index (χ1n) is 7.90. The first kappa shape index (κ1) is 16.3. The summed E-state index contributed by atoms with van der Waals surface area (Å²) < 4.78 is 0. The smallest absolute Gasteiger partial charge is 0.226 e. The van der Waals surface area contributed by atoms with Crippen LogP contribution >= 0.6 is 11.6 Å². The predicted octanol–water partition coefficient (Wildman–Crippen LogP) is 4.40. The molecule has 0 fully saturated rings. The number of hydrogen-bond donors (Lipinski definition) is 2. The molecule has 0 bridgehead atoms. The number of rotatable bonds is 7. The lowest BCUT2D eigenvalue weighted by atomic mass is 10.1.